The molecule has 0 unspecified atom stereocenters. The van der Waals surface area contributed by atoms with Crippen LogP contribution in [0.1, 0.15) is 63.4 Å². The molecule has 0 radical (unpaired) electrons. The Balaban J connectivity index is 1.63. The second kappa shape index (κ2) is 8.46. The Kier molecular flexibility index (Phi) is 5.91. The van der Waals surface area contributed by atoms with E-state index in [1.165, 1.54) is 6.42 Å². The van der Waals surface area contributed by atoms with Crippen LogP contribution in [0.15, 0.2) is 22.8 Å². The summed E-state index contributed by atoms with van der Waals surface area (Å²) in [4.78, 5) is 28.8. The molecule has 30 heavy (non-hydrogen) atoms. The molecule has 2 amide bonds. The average molecular weight is 416 g/mol. The standard InChI is InChI=1S/C23H33N3O4/c1-4-29-12-7-11-26-21(27)19-14-20-18(10-13-30-20)25(19)15-23(26,3)22(28)24-17-9-6-5-8-16(17)2/h10,13-14,16-17H,4-9,11-12,15H2,1-3H3,(H,24,28)/t16-,17+,23-/m1/s1. The van der Waals surface area contributed by atoms with E-state index >= 15 is 0 Å². The van der Waals surface area contributed by atoms with Gasteiger partial charge < -0.3 is 23.9 Å². The smallest absolute Gasteiger partial charge is 0.271 e. The molecular formula is C23H33N3O4. The number of nitrogens with one attached hydrogen (secondary N) is 1. The lowest BCUT2D eigenvalue weighted by molar-refractivity contribution is -0.134. The van der Waals surface area contributed by atoms with Crippen LogP contribution in [0, 0.1) is 5.92 Å². The number of aromatic nitrogens is 1. The van der Waals surface area contributed by atoms with Crippen molar-refractivity contribution >= 4 is 22.9 Å². The van der Waals surface area contributed by atoms with Crippen LogP contribution in [0.3, 0.4) is 0 Å². The van der Waals surface area contributed by atoms with Gasteiger partial charge in [-0.15, -0.1) is 0 Å². The summed E-state index contributed by atoms with van der Waals surface area (Å²) in [6.07, 6.45) is 6.81. The summed E-state index contributed by atoms with van der Waals surface area (Å²) in [5, 5.41) is 3.30. The Labute approximate surface area is 177 Å². The minimum Gasteiger partial charge on any atom is -0.463 e. The van der Waals surface area contributed by atoms with Crippen LogP contribution in [0.25, 0.3) is 11.1 Å². The summed E-state index contributed by atoms with van der Waals surface area (Å²) >= 11 is 0. The van der Waals surface area contributed by atoms with Crippen LogP contribution in [0.2, 0.25) is 0 Å². The number of nitrogens with zero attached hydrogens (tertiary/aromatic N) is 2. The fourth-order valence-electron chi connectivity index (χ4n) is 4.95. The van der Waals surface area contributed by atoms with Gasteiger partial charge >= 0.3 is 0 Å². The molecule has 7 heteroatoms. The van der Waals surface area contributed by atoms with Crippen molar-refractivity contribution in [2.75, 3.05) is 19.8 Å². The van der Waals surface area contributed by atoms with Crippen LogP contribution < -0.4 is 5.32 Å². The molecule has 2 aromatic rings. The zero-order valence-electron chi connectivity index (χ0n) is 18.3. The molecule has 2 aliphatic rings. The molecule has 1 N–H and O–H groups in total. The molecule has 3 atom stereocenters. The molecule has 1 fully saturated rings. The second-order valence-electron chi connectivity index (χ2n) is 8.91. The molecule has 7 nitrogen and oxygen atoms in total. The van der Waals surface area contributed by atoms with E-state index in [0.717, 1.165) is 24.8 Å². The van der Waals surface area contributed by atoms with Gasteiger partial charge in [0.2, 0.25) is 5.91 Å². The minimum atomic E-state index is -0.962. The highest BCUT2D eigenvalue weighted by molar-refractivity contribution is 6.02. The Bertz CT molecular complexity index is 917. The zero-order valence-corrected chi connectivity index (χ0v) is 18.3. The number of hydrogen-bond donors (Lipinski definition) is 1. The van der Waals surface area contributed by atoms with Gasteiger partial charge in [0.15, 0.2) is 5.58 Å². The van der Waals surface area contributed by atoms with Crippen molar-refractivity contribution in [1.82, 2.24) is 14.8 Å². The van der Waals surface area contributed by atoms with Crippen molar-refractivity contribution < 1.29 is 18.7 Å². The molecule has 2 aromatic heterocycles. The molecule has 0 bridgehead atoms. The molecule has 4 rings (SSSR count). The number of carbonyl (C=O) groups is 2. The first-order valence-electron chi connectivity index (χ1n) is 11.2. The summed E-state index contributed by atoms with van der Waals surface area (Å²) in [6.45, 7) is 8.16. The lowest BCUT2D eigenvalue weighted by atomic mass is 9.85. The Morgan fingerprint density at radius 2 is 2.17 bits per heavy atom. The molecular weight excluding hydrogens is 382 g/mol. The monoisotopic (exact) mass is 415 g/mol. The van der Waals surface area contributed by atoms with Crippen LogP contribution in [-0.4, -0.2) is 52.6 Å². The van der Waals surface area contributed by atoms with Gasteiger partial charge in [-0.1, -0.05) is 19.8 Å². The molecule has 1 aliphatic heterocycles. The maximum Gasteiger partial charge on any atom is 0.271 e. The lowest BCUT2D eigenvalue weighted by Gasteiger charge is -2.45. The summed E-state index contributed by atoms with van der Waals surface area (Å²) in [7, 11) is 0. The van der Waals surface area contributed by atoms with Gasteiger partial charge in [-0.2, -0.15) is 0 Å². The first-order valence-corrected chi connectivity index (χ1v) is 11.2. The van der Waals surface area contributed by atoms with Gasteiger partial charge in [-0.25, -0.2) is 0 Å². The molecule has 3 heterocycles. The topological polar surface area (TPSA) is 76.7 Å². The Morgan fingerprint density at radius 3 is 2.93 bits per heavy atom. The van der Waals surface area contributed by atoms with E-state index in [4.69, 9.17) is 9.15 Å². The van der Waals surface area contributed by atoms with Crippen LogP contribution in [0.5, 0.6) is 0 Å². The van der Waals surface area contributed by atoms with E-state index in [0.29, 0.717) is 49.9 Å². The normalized spacial score (nSPS) is 26.8. The molecule has 164 valence electrons. The highest BCUT2D eigenvalue weighted by atomic mass is 16.5. The van der Waals surface area contributed by atoms with Crippen molar-refractivity contribution in [3.63, 3.8) is 0 Å². The quantitative estimate of drug-likeness (QED) is 0.702. The predicted octanol–water partition coefficient (Wildman–Crippen LogP) is 3.57. The number of furan rings is 1. The Morgan fingerprint density at radius 1 is 1.37 bits per heavy atom. The number of amides is 2. The maximum absolute atomic E-state index is 13.6. The number of hydrogen-bond acceptors (Lipinski definition) is 4. The van der Waals surface area contributed by atoms with Crippen molar-refractivity contribution in [1.29, 1.82) is 0 Å². The van der Waals surface area contributed by atoms with Crippen molar-refractivity contribution in [2.24, 2.45) is 5.92 Å². The SMILES string of the molecule is CCOCCCN1C(=O)c2cc3occc3n2C[C@]1(C)C(=O)N[C@H]1CCCC[C@H]1C. The average Bonchev–Trinajstić information content (AvgIpc) is 3.31. The molecule has 0 saturated heterocycles. The molecule has 0 spiro atoms. The van der Waals surface area contributed by atoms with Gasteiger partial charge in [-0.05, 0) is 39.0 Å². The summed E-state index contributed by atoms with van der Waals surface area (Å²) in [6, 6.07) is 3.82. The van der Waals surface area contributed by atoms with Crippen LogP contribution >= 0.6 is 0 Å². The highest BCUT2D eigenvalue weighted by Gasteiger charge is 2.48. The fraction of sp³-hybridized carbons (Fsp3) is 0.652. The van der Waals surface area contributed by atoms with Gasteiger partial charge in [-0.3, -0.25) is 9.59 Å². The summed E-state index contributed by atoms with van der Waals surface area (Å²) < 4.78 is 12.9. The third-order valence-electron chi connectivity index (χ3n) is 6.84. The van der Waals surface area contributed by atoms with Crippen LogP contribution in [-0.2, 0) is 16.1 Å². The summed E-state index contributed by atoms with van der Waals surface area (Å²) in [5.74, 6) is 0.264. The van der Waals surface area contributed by atoms with E-state index < -0.39 is 5.54 Å². The van der Waals surface area contributed by atoms with Gasteiger partial charge in [0, 0.05) is 37.9 Å². The third kappa shape index (κ3) is 3.64. The predicted molar refractivity (Wildman–Crippen MR) is 114 cm³/mol. The fourth-order valence-corrected chi connectivity index (χ4v) is 4.95. The first-order chi connectivity index (χ1) is 14.5. The minimum absolute atomic E-state index is 0.0676. The van der Waals surface area contributed by atoms with E-state index in [2.05, 4.69) is 12.2 Å². The van der Waals surface area contributed by atoms with E-state index in [-0.39, 0.29) is 17.9 Å². The van der Waals surface area contributed by atoms with Gasteiger partial charge in [0.25, 0.3) is 5.91 Å². The van der Waals surface area contributed by atoms with E-state index in [1.807, 2.05) is 24.5 Å². The Hall–Kier alpha value is -2.28. The van der Waals surface area contributed by atoms with Gasteiger partial charge in [0.05, 0.1) is 18.3 Å². The lowest BCUT2D eigenvalue weighted by Crippen LogP contribution is -2.65. The molecule has 0 aromatic carbocycles. The largest absolute Gasteiger partial charge is 0.463 e. The number of ether oxygens (including phenoxy) is 1. The molecule has 1 saturated carbocycles. The van der Waals surface area contributed by atoms with E-state index in [9.17, 15) is 9.59 Å². The summed E-state index contributed by atoms with van der Waals surface area (Å²) in [5.41, 5.74) is 1.16. The van der Waals surface area contributed by atoms with Crippen molar-refractivity contribution in [3.8, 4) is 0 Å². The maximum atomic E-state index is 13.6. The third-order valence-corrected chi connectivity index (χ3v) is 6.84. The van der Waals surface area contributed by atoms with Crippen LogP contribution in [0.4, 0.5) is 0 Å². The van der Waals surface area contributed by atoms with Crippen molar-refractivity contribution in [3.05, 3.63) is 24.1 Å². The highest BCUT2D eigenvalue weighted by Crippen LogP contribution is 2.33. The number of fused-ring (bicyclic) bond motifs is 3. The first kappa shape index (κ1) is 21.0. The molecule has 1 aliphatic carbocycles. The second-order valence-corrected chi connectivity index (χ2v) is 8.91. The number of carbonyl (C=O) groups excluding carboxylic acids is 2. The van der Waals surface area contributed by atoms with Gasteiger partial charge in [0.1, 0.15) is 11.2 Å². The zero-order chi connectivity index (χ0) is 21.3. The number of rotatable bonds is 7. The van der Waals surface area contributed by atoms with Crippen molar-refractivity contribution in [2.45, 2.75) is 71.0 Å². The van der Waals surface area contributed by atoms with E-state index in [1.54, 1.807) is 17.2 Å².